The summed E-state index contributed by atoms with van der Waals surface area (Å²) >= 11 is 0. The number of hydrogen-bond acceptors (Lipinski definition) is 3. The van der Waals surface area contributed by atoms with Crippen LogP contribution in [0.2, 0.25) is 0 Å². The number of nitrogens with one attached hydrogen (secondary N) is 2. The van der Waals surface area contributed by atoms with E-state index in [4.69, 9.17) is 5.84 Å². The summed E-state index contributed by atoms with van der Waals surface area (Å²) in [6.45, 7) is 7.57. The summed E-state index contributed by atoms with van der Waals surface area (Å²) in [4.78, 5) is 4.40. The van der Waals surface area contributed by atoms with Crippen LogP contribution in [0, 0.1) is 13.8 Å². The van der Waals surface area contributed by atoms with Crippen LogP contribution in [0.5, 0.6) is 0 Å². The van der Waals surface area contributed by atoms with E-state index < -0.39 is 0 Å². The first-order valence-electron chi connectivity index (χ1n) is 5.84. The van der Waals surface area contributed by atoms with Gasteiger partial charge in [-0.2, -0.15) is 5.10 Å². The molecule has 0 aliphatic heterocycles. The Hall–Kier alpha value is -1.56. The van der Waals surface area contributed by atoms with Crippen LogP contribution in [0.1, 0.15) is 30.3 Å². The van der Waals surface area contributed by atoms with Gasteiger partial charge in [0.2, 0.25) is 5.96 Å². The Morgan fingerprint density at radius 2 is 2.18 bits per heavy atom. The highest BCUT2D eigenvalue weighted by Gasteiger charge is 2.08. The van der Waals surface area contributed by atoms with Crippen molar-refractivity contribution in [1.82, 2.24) is 20.5 Å². The Balaban J connectivity index is 2.73. The van der Waals surface area contributed by atoms with Crippen molar-refractivity contribution in [1.29, 1.82) is 0 Å². The first kappa shape index (κ1) is 13.5. The van der Waals surface area contributed by atoms with Crippen LogP contribution in [-0.4, -0.2) is 22.3 Å². The zero-order valence-corrected chi connectivity index (χ0v) is 11.0. The van der Waals surface area contributed by atoms with Crippen molar-refractivity contribution in [3.8, 4) is 0 Å². The van der Waals surface area contributed by atoms with Crippen molar-refractivity contribution in [2.24, 2.45) is 17.9 Å². The molecule has 96 valence electrons. The minimum atomic E-state index is 0.585. The number of nitrogens with zero attached hydrogens (tertiary/aromatic N) is 3. The van der Waals surface area contributed by atoms with E-state index in [1.807, 2.05) is 25.6 Å². The average Bonchev–Trinajstić information content (AvgIpc) is 2.55. The molecule has 0 bridgehead atoms. The van der Waals surface area contributed by atoms with Crippen molar-refractivity contribution in [3.05, 3.63) is 17.0 Å². The summed E-state index contributed by atoms with van der Waals surface area (Å²) in [5.74, 6) is 6.01. The molecule has 0 saturated carbocycles. The molecular formula is C11H22N6. The Kier molecular flexibility index (Phi) is 4.96. The molecule has 6 heteroatoms. The number of nitrogens with two attached hydrogens (primary N) is 1. The number of rotatable bonds is 4. The van der Waals surface area contributed by atoms with Crippen molar-refractivity contribution in [3.63, 3.8) is 0 Å². The van der Waals surface area contributed by atoms with Gasteiger partial charge >= 0.3 is 0 Å². The molecule has 0 unspecified atom stereocenters. The van der Waals surface area contributed by atoms with Crippen LogP contribution < -0.4 is 16.6 Å². The normalized spacial score (nSPS) is 11.7. The number of guanidine groups is 1. The molecule has 1 aromatic heterocycles. The number of hydrazine groups is 1. The molecule has 0 spiro atoms. The Labute approximate surface area is 102 Å². The maximum atomic E-state index is 5.39. The highest BCUT2D eigenvalue weighted by Crippen LogP contribution is 2.12. The molecule has 0 aromatic carbocycles. The van der Waals surface area contributed by atoms with Gasteiger partial charge in [-0.25, -0.2) is 10.8 Å². The maximum absolute atomic E-state index is 5.39. The third-order valence-electron chi connectivity index (χ3n) is 2.73. The average molecular weight is 238 g/mol. The van der Waals surface area contributed by atoms with Crippen LogP contribution >= 0.6 is 0 Å². The third kappa shape index (κ3) is 3.45. The van der Waals surface area contributed by atoms with Gasteiger partial charge in [-0.3, -0.25) is 10.1 Å². The molecule has 1 heterocycles. The van der Waals surface area contributed by atoms with Crippen molar-refractivity contribution in [2.75, 3.05) is 6.54 Å². The first-order chi connectivity index (χ1) is 8.10. The standard InChI is InChI=1S/C11H22N6/c1-5-6-13-11(15-12)14-7-10-8(2)16-17(4)9(10)3/h5-7,12H2,1-4H3,(H2,13,14,15). The van der Waals surface area contributed by atoms with Gasteiger partial charge in [0.15, 0.2) is 0 Å². The van der Waals surface area contributed by atoms with Crippen molar-refractivity contribution >= 4 is 5.96 Å². The number of hydrogen-bond donors (Lipinski definition) is 3. The smallest absolute Gasteiger partial charge is 0.206 e. The Bertz CT molecular complexity index is 393. The molecule has 4 N–H and O–H groups in total. The summed E-state index contributed by atoms with van der Waals surface area (Å²) in [5.41, 5.74) is 5.87. The minimum absolute atomic E-state index is 0.585. The molecule has 1 rings (SSSR count). The lowest BCUT2D eigenvalue weighted by Gasteiger charge is -2.07. The van der Waals surface area contributed by atoms with Crippen LogP contribution in [0.25, 0.3) is 0 Å². The van der Waals surface area contributed by atoms with Crippen molar-refractivity contribution < 1.29 is 0 Å². The lowest BCUT2D eigenvalue weighted by Crippen LogP contribution is -2.41. The lowest BCUT2D eigenvalue weighted by atomic mass is 10.2. The Morgan fingerprint density at radius 3 is 2.65 bits per heavy atom. The second-order valence-electron chi connectivity index (χ2n) is 4.01. The van der Waals surface area contributed by atoms with Gasteiger partial charge in [-0.1, -0.05) is 6.92 Å². The van der Waals surface area contributed by atoms with E-state index in [0.29, 0.717) is 12.5 Å². The zero-order valence-electron chi connectivity index (χ0n) is 11.0. The van der Waals surface area contributed by atoms with E-state index in [-0.39, 0.29) is 0 Å². The molecule has 0 atom stereocenters. The molecule has 0 aliphatic rings. The third-order valence-corrected chi connectivity index (χ3v) is 2.73. The minimum Gasteiger partial charge on any atom is -0.355 e. The van der Waals surface area contributed by atoms with E-state index in [1.165, 1.54) is 0 Å². The molecule has 0 fully saturated rings. The fraction of sp³-hybridized carbons (Fsp3) is 0.636. The molecular weight excluding hydrogens is 216 g/mol. The monoisotopic (exact) mass is 238 g/mol. The highest BCUT2D eigenvalue weighted by molar-refractivity contribution is 5.79. The van der Waals surface area contributed by atoms with Gasteiger partial charge < -0.3 is 5.32 Å². The van der Waals surface area contributed by atoms with Crippen LogP contribution in [0.4, 0.5) is 0 Å². The van der Waals surface area contributed by atoms with Gasteiger partial charge in [-0.05, 0) is 20.3 Å². The molecule has 6 nitrogen and oxygen atoms in total. The van der Waals surface area contributed by atoms with Crippen LogP contribution in [0.15, 0.2) is 4.99 Å². The van der Waals surface area contributed by atoms with Crippen molar-refractivity contribution in [2.45, 2.75) is 33.7 Å². The largest absolute Gasteiger partial charge is 0.355 e. The van der Waals surface area contributed by atoms with Crippen LogP contribution in [-0.2, 0) is 13.6 Å². The predicted octanol–water partition coefficient (Wildman–Crippen LogP) is 0.356. The van der Waals surface area contributed by atoms with E-state index in [1.54, 1.807) is 0 Å². The lowest BCUT2D eigenvalue weighted by molar-refractivity contribution is 0.730. The predicted molar refractivity (Wildman–Crippen MR) is 69.4 cm³/mol. The molecule has 0 amide bonds. The van der Waals surface area contributed by atoms with E-state index in [9.17, 15) is 0 Å². The molecule has 17 heavy (non-hydrogen) atoms. The molecule has 0 aliphatic carbocycles. The molecule has 0 radical (unpaired) electrons. The van der Waals surface area contributed by atoms with Gasteiger partial charge in [0, 0.05) is 24.8 Å². The summed E-state index contributed by atoms with van der Waals surface area (Å²) in [6, 6.07) is 0. The molecule has 1 aromatic rings. The number of aliphatic imine (C=N–C) groups is 1. The summed E-state index contributed by atoms with van der Waals surface area (Å²) in [6.07, 6.45) is 1.03. The second-order valence-corrected chi connectivity index (χ2v) is 4.01. The number of aromatic nitrogens is 2. The van der Waals surface area contributed by atoms with Gasteiger partial charge in [0.25, 0.3) is 0 Å². The van der Waals surface area contributed by atoms with Crippen LogP contribution in [0.3, 0.4) is 0 Å². The fourth-order valence-electron chi connectivity index (χ4n) is 1.60. The zero-order chi connectivity index (χ0) is 12.8. The van der Waals surface area contributed by atoms with E-state index in [0.717, 1.165) is 29.9 Å². The topological polar surface area (TPSA) is 80.3 Å². The fourth-order valence-corrected chi connectivity index (χ4v) is 1.60. The summed E-state index contributed by atoms with van der Waals surface area (Å²) in [7, 11) is 1.94. The summed E-state index contributed by atoms with van der Waals surface area (Å²) in [5, 5.41) is 7.47. The summed E-state index contributed by atoms with van der Waals surface area (Å²) < 4.78 is 1.87. The number of aryl methyl sites for hydroxylation is 2. The SMILES string of the molecule is CCCNC(=NCc1c(C)nn(C)c1C)NN. The van der Waals surface area contributed by atoms with Gasteiger partial charge in [0.05, 0.1) is 12.2 Å². The maximum Gasteiger partial charge on any atom is 0.206 e. The van der Waals surface area contributed by atoms with Gasteiger partial charge in [0.1, 0.15) is 0 Å². The first-order valence-corrected chi connectivity index (χ1v) is 5.84. The quantitative estimate of drug-likeness (QED) is 0.306. The van der Waals surface area contributed by atoms with E-state index >= 15 is 0 Å². The highest BCUT2D eigenvalue weighted by atomic mass is 15.3. The second kappa shape index (κ2) is 6.24. The van der Waals surface area contributed by atoms with Gasteiger partial charge in [-0.15, -0.1) is 0 Å². The Morgan fingerprint density at radius 1 is 1.47 bits per heavy atom. The van der Waals surface area contributed by atoms with E-state index in [2.05, 4.69) is 27.8 Å². The molecule has 0 saturated heterocycles.